The molecule has 16 aromatic rings. The number of rotatable bonds is 13. The Hall–Kier alpha value is -11.5. The summed E-state index contributed by atoms with van der Waals surface area (Å²) in [5.41, 5.74) is 37.9. The number of aromatic nitrogens is 7. The molecule has 706 valence electrons. The number of aryl methyl sites for hydroxylation is 11. The fourth-order valence-corrected chi connectivity index (χ4v) is 28.1. The van der Waals surface area contributed by atoms with Gasteiger partial charge in [-0.1, -0.05) is 181 Å². The molecule has 5 saturated carbocycles. The zero-order valence-corrected chi connectivity index (χ0v) is 81.7. The standard InChI is InChI=1S/C24H32N2.C21H19N3O.C21H22N2.C21H24N2.C19H26N2.C16H19N3/c1-15-5-6-21-20(7-15)19-3-2-4-22(23(19)26-21)25-14-24-11-16-8-17(12-24)10-18(9-16)13-24;25-21-16(14-7-2-4-10-18(14)24-21)12-22-19-11-5-8-15-13-6-1-3-9-17(13)23-20(15)19;1-2-7-16(8-3-1)15-22-13-14-23-19-11-5-4-9-17(19)18-10-6-12-20(22)21(18)23;1-14-6-9-16(10-7-14)13-22-20-5-3-4-17-18-12-15(2)8-11-19(18)23-21(17)20;1-13-10-11-17-16(12-13)15-8-5-9-18(19(15)21-17)20-14-6-3-2-4-7-14;1-11-6-7-14-13(10-11)12-4-3-5-15-16(12)18(14)8-9-19(15)17-2/h5-7,16-18,22,25-26H,2-4,8-14H2,1H3;1-4,6-7,9-10,12,19,23-25H,5,8,11H2;1-5,7-9,11,20H,6,10,12-15H2;6-12,20,22-23H,3-5,13H2,1-2H3;10-12,14,18,20-21H,2-9H2,1H3;6-7,10,15H,2-5,8-9H2,1H3. The minimum Gasteiger partial charge on any atom is -0.494 e. The molecule has 0 radical (unpaired) electrons. The van der Waals surface area contributed by atoms with Gasteiger partial charge in [-0.2, -0.15) is 5.10 Å². The quantitative estimate of drug-likeness (QED) is 0.0519. The van der Waals surface area contributed by atoms with E-state index in [9.17, 15) is 5.11 Å². The van der Waals surface area contributed by atoms with Crippen LogP contribution in [0.5, 0.6) is 5.88 Å². The second-order valence-electron chi connectivity index (χ2n) is 43.5. The van der Waals surface area contributed by atoms with Crippen LogP contribution in [0.1, 0.15) is 296 Å². The average Bonchev–Trinajstić information content (AvgIpc) is 1.68. The molecule has 0 amide bonds. The molecular formula is C122H142N14O. The highest BCUT2D eigenvalue weighted by Crippen LogP contribution is 2.60. The minimum absolute atomic E-state index is 0.115. The van der Waals surface area contributed by atoms with Crippen molar-refractivity contribution >= 4 is 89.3 Å². The van der Waals surface area contributed by atoms with Gasteiger partial charge in [0.25, 0.3) is 0 Å². The van der Waals surface area contributed by atoms with Crippen LogP contribution >= 0.6 is 0 Å². The van der Waals surface area contributed by atoms with Crippen LogP contribution in [-0.4, -0.2) is 87.7 Å². The molecule has 13 aliphatic rings. The van der Waals surface area contributed by atoms with E-state index in [0.717, 1.165) is 98.8 Å². The van der Waals surface area contributed by atoms with Gasteiger partial charge in [0.1, 0.15) is 0 Å². The molecule has 0 saturated heterocycles. The van der Waals surface area contributed by atoms with Crippen LogP contribution in [0.25, 0.3) is 76.3 Å². The van der Waals surface area contributed by atoms with Crippen LogP contribution in [0, 0.1) is 57.8 Å². The van der Waals surface area contributed by atoms with Crippen molar-refractivity contribution in [2.45, 2.75) is 289 Å². The van der Waals surface area contributed by atoms with Crippen molar-refractivity contribution in [3.8, 4) is 5.88 Å². The van der Waals surface area contributed by atoms with Gasteiger partial charge < -0.3 is 55.1 Å². The molecule has 4 bridgehead atoms. The van der Waals surface area contributed by atoms with Gasteiger partial charge in [0.2, 0.25) is 0 Å². The summed E-state index contributed by atoms with van der Waals surface area (Å²) < 4.78 is 5.13. The highest BCUT2D eigenvalue weighted by molar-refractivity contribution is 6.02. The van der Waals surface area contributed by atoms with Gasteiger partial charge in [-0.25, -0.2) is 0 Å². The van der Waals surface area contributed by atoms with Crippen LogP contribution in [0.3, 0.4) is 0 Å². The number of nitrogens with one attached hydrogen (secondary N) is 8. The Labute approximate surface area is 809 Å². The van der Waals surface area contributed by atoms with Crippen LogP contribution in [0.15, 0.2) is 210 Å². The largest absolute Gasteiger partial charge is 0.494 e. The summed E-state index contributed by atoms with van der Waals surface area (Å²) in [7, 11) is 0. The van der Waals surface area contributed by atoms with Crippen LogP contribution in [0.2, 0.25) is 0 Å². The normalized spacial score (nSPS) is 23.4. The first-order valence-electron chi connectivity index (χ1n) is 53.0. The number of hydrogen-bond acceptors (Lipinski definition) is 8. The average molecular weight is 1820 g/mol. The molecule has 11 aliphatic carbocycles. The summed E-state index contributed by atoms with van der Waals surface area (Å²) in [5.74, 6) is 3.35. The maximum atomic E-state index is 10.2. The molecule has 9 heterocycles. The molecule has 0 spiro atoms. The van der Waals surface area contributed by atoms with Gasteiger partial charge in [0.15, 0.2) is 5.88 Å². The van der Waals surface area contributed by atoms with Crippen molar-refractivity contribution in [3.05, 3.63) is 312 Å². The lowest BCUT2D eigenvalue weighted by Gasteiger charge is -2.57. The molecule has 137 heavy (non-hydrogen) atoms. The Morgan fingerprint density at radius 2 is 0.861 bits per heavy atom. The van der Waals surface area contributed by atoms with E-state index in [1.807, 2.05) is 30.5 Å². The topological polar surface area (TPSA) is 176 Å². The highest BCUT2D eigenvalue weighted by atomic mass is 16.3. The maximum absolute atomic E-state index is 10.2. The van der Waals surface area contributed by atoms with E-state index >= 15 is 0 Å². The Morgan fingerprint density at radius 1 is 0.394 bits per heavy atom. The summed E-state index contributed by atoms with van der Waals surface area (Å²) in [6.45, 7) is 22.2. The Kier molecular flexibility index (Phi) is 25.3. The Balaban J connectivity index is 0.0000000925. The van der Waals surface area contributed by atoms with Crippen molar-refractivity contribution in [3.63, 3.8) is 0 Å². The van der Waals surface area contributed by atoms with Gasteiger partial charge in [-0.15, -0.1) is 0 Å². The maximum Gasteiger partial charge on any atom is 0.198 e. The molecule has 6 atom stereocenters. The Bertz CT molecular complexity index is 7020. The molecule has 29 rings (SSSR count). The lowest BCUT2D eigenvalue weighted by Crippen LogP contribution is -2.51. The molecule has 2 aliphatic heterocycles. The number of nitrogens with zero attached hydrogens (tertiary/aromatic N) is 6. The lowest BCUT2D eigenvalue weighted by atomic mass is 9.49. The first-order chi connectivity index (χ1) is 67.2. The summed E-state index contributed by atoms with van der Waals surface area (Å²) >= 11 is 0. The van der Waals surface area contributed by atoms with Crippen LogP contribution in [-0.2, 0) is 64.7 Å². The number of H-pyrrole nitrogens is 5. The van der Waals surface area contributed by atoms with Crippen LogP contribution < -0.4 is 16.0 Å². The third-order valence-electron chi connectivity index (χ3n) is 34.2. The third-order valence-corrected chi connectivity index (χ3v) is 34.2. The van der Waals surface area contributed by atoms with Crippen molar-refractivity contribution in [2.24, 2.45) is 33.3 Å². The van der Waals surface area contributed by atoms with Crippen molar-refractivity contribution in [1.82, 2.24) is 59.9 Å². The molecule has 9 N–H and O–H groups in total. The number of aromatic amines is 5. The van der Waals surface area contributed by atoms with Gasteiger partial charge in [-0.05, 0) is 336 Å². The molecular weight excluding hydrogens is 1680 g/mol. The minimum atomic E-state index is 0.115. The zero-order chi connectivity index (χ0) is 92.4. The van der Waals surface area contributed by atoms with E-state index in [1.165, 1.54) is 298 Å². The van der Waals surface area contributed by atoms with E-state index in [4.69, 9.17) is 4.99 Å². The number of para-hydroxylation sites is 3. The first-order valence-corrected chi connectivity index (χ1v) is 53.0. The van der Waals surface area contributed by atoms with Gasteiger partial charge in [0, 0.05) is 187 Å². The third kappa shape index (κ3) is 18.0. The van der Waals surface area contributed by atoms with Gasteiger partial charge >= 0.3 is 0 Å². The Morgan fingerprint density at radius 3 is 1.49 bits per heavy atom. The number of aromatic hydroxyl groups is 1. The van der Waals surface area contributed by atoms with E-state index in [1.54, 1.807) is 47.2 Å². The van der Waals surface area contributed by atoms with E-state index in [2.05, 4.69) is 282 Å². The predicted molar refractivity (Wildman–Crippen MR) is 567 cm³/mol. The van der Waals surface area contributed by atoms with Crippen LogP contribution in [0.4, 0.5) is 0 Å². The number of fused-ring (bicyclic) bond motifs is 19. The lowest BCUT2D eigenvalue weighted by molar-refractivity contribution is -0.0527. The van der Waals surface area contributed by atoms with Crippen molar-refractivity contribution < 1.29 is 5.11 Å². The van der Waals surface area contributed by atoms with Crippen molar-refractivity contribution in [1.29, 1.82) is 0 Å². The van der Waals surface area contributed by atoms with E-state index in [0.29, 0.717) is 35.6 Å². The molecule has 15 heteroatoms. The van der Waals surface area contributed by atoms with E-state index < -0.39 is 0 Å². The fraction of sp³-hybridized carbons (Fsp3) is 0.426. The summed E-state index contributed by atoms with van der Waals surface area (Å²) in [4.78, 5) is 25.3. The summed E-state index contributed by atoms with van der Waals surface area (Å²) in [5, 5.41) is 38.0. The van der Waals surface area contributed by atoms with E-state index in [-0.39, 0.29) is 11.9 Å². The SMILES string of the molecule is C=NN1CCn2c3c(c4cc(C)ccc42)CCCC31.Cc1ccc(CNC2CCCc3c2[nH]c2ccc(C)cc32)cc1.Cc1ccc2[nH]c3c(c2c1)CCCC3NC1CCCCC1.Cc1ccc2[nH]c3c(c2c1)CCCC3NCC12CC3CC(CC(C3)C1)C2.Oc1[nH]c2ccccc2c1C=NC1CCCc2c1[nH]c1ccccc21.c1ccc(CN2CCn3c4c(c5ccccc53)CCCC42)cc1. The molecule has 15 nitrogen and oxygen atoms in total. The second kappa shape index (κ2) is 38.7. The second-order valence-corrected chi connectivity index (χ2v) is 43.5. The smallest absolute Gasteiger partial charge is 0.198 e. The number of hydrogen-bond donors (Lipinski definition) is 9. The number of aliphatic imine (C=N–C) groups is 1. The van der Waals surface area contributed by atoms with Gasteiger partial charge in [-0.3, -0.25) is 14.9 Å². The first kappa shape index (κ1) is 89.4. The molecule has 7 aromatic heterocycles. The number of hydrazone groups is 1. The summed E-state index contributed by atoms with van der Waals surface area (Å²) in [6.07, 6.45) is 40.2. The molecule has 5 fully saturated rings. The van der Waals surface area contributed by atoms with Gasteiger partial charge in [0.05, 0.1) is 30.2 Å². The van der Waals surface area contributed by atoms with Crippen molar-refractivity contribution in [2.75, 3.05) is 19.6 Å². The summed E-state index contributed by atoms with van der Waals surface area (Å²) in [6, 6.07) is 75.9. The highest BCUT2D eigenvalue weighted by Gasteiger charge is 2.51. The predicted octanol–water partition coefficient (Wildman–Crippen LogP) is 28.0. The fourth-order valence-electron chi connectivity index (χ4n) is 28.1. The molecule has 6 unspecified atom stereocenters. The number of benzene rings is 9. The zero-order valence-electron chi connectivity index (χ0n) is 81.7. The monoisotopic (exact) mass is 1820 g/mol. The molecule has 9 aromatic carbocycles.